The number of hydrogen-bond acceptors (Lipinski definition) is 2. The summed E-state index contributed by atoms with van der Waals surface area (Å²) in [5.41, 5.74) is 0.149. The number of carbonyl (C=O) groups is 1. The minimum absolute atomic E-state index is 0.239. The Morgan fingerprint density at radius 2 is 2.19 bits per heavy atom. The number of benzene rings is 1. The summed E-state index contributed by atoms with van der Waals surface area (Å²) in [6, 6.07) is 2.57. The van der Waals surface area contributed by atoms with Gasteiger partial charge in [-0.25, -0.2) is 4.79 Å². The molecule has 3 nitrogen and oxygen atoms in total. The molecule has 16 heavy (non-hydrogen) atoms. The molecule has 0 aliphatic carbocycles. The molecule has 1 aromatic carbocycles. The number of carboxylic acid groups (broad SMARTS) is 1. The molecule has 0 amide bonds. The van der Waals surface area contributed by atoms with E-state index >= 15 is 0 Å². The van der Waals surface area contributed by atoms with Crippen LogP contribution in [0.15, 0.2) is 12.1 Å². The summed E-state index contributed by atoms with van der Waals surface area (Å²) < 4.78 is 28.0. The van der Waals surface area contributed by atoms with Crippen molar-refractivity contribution < 1.29 is 23.4 Å². The van der Waals surface area contributed by atoms with Crippen LogP contribution in [-0.4, -0.2) is 17.7 Å². The molecule has 0 bridgehead atoms. The third-order valence-corrected chi connectivity index (χ3v) is 2.75. The van der Waals surface area contributed by atoms with Crippen molar-refractivity contribution in [1.29, 1.82) is 0 Å². The molecule has 0 spiro atoms. The number of carboxylic acids is 1. The zero-order chi connectivity index (χ0) is 12.3. The smallest absolute Gasteiger partial charge is 0.387 e. The van der Waals surface area contributed by atoms with Crippen molar-refractivity contribution in [2.75, 3.05) is 0 Å². The highest BCUT2D eigenvalue weighted by molar-refractivity contribution is 9.08. The van der Waals surface area contributed by atoms with Gasteiger partial charge in [-0.2, -0.15) is 8.78 Å². The van der Waals surface area contributed by atoms with Crippen molar-refractivity contribution in [2.24, 2.45) is 0 Å². The first-order valence-corrected chi connectivity index (χ1v) is 5.52. The van der Waals surface area contributed by atoms with Crippen LogP contribution in [0.25, 0.3) is 0 Å². The van der Waals surface area contributed by atoms with Crippen molar-refractivity contribution in [3.63, 3.8) is 0 Å². The normalized spacial score (nSPS) is 10.6. The molecule has 1 rings (SSSR count). The maximum absolute atomic E-state index is 12.0. The van der Waals surface area contributed by atoms with Crippen molar-refractivity contribution in [3.8, 4) is 5.75 Å². The minimum atomic E-state index is -3.05. The lowest BCUT2D eigenvalue weighted by molar-refractivity contribution is -0.0498. The maximum atomic E-state index is 12.0. The van der Waals surface area contributed by atoms with E-state index in [0.717, 1.165) is 0 Å². The quantitative estimate of drug-likeness (QED) is 0.865. The molecular formula is C9H6BrClF2O3. The van der Waals surface area contributed by atoms with Crippen LogP contribution in [0.3, 0.4) is 0 Å². The van der Waals surface area contributed by atoms with Gasteiger partial charge in [0.25, 0.3) is 0 Å². The van der Waals surface area contributed by atoms with Crippen LogP contribution < -0.4 is 4.74 Å². The van der Waals surface area contributed by atoms with Gasteiger partial charge < -0.3 is 9.84 Å². The number of aromatic carboxylic acids is 1. The molecule has 0 heterocycles. The van der Waals surface area contributed by atoms with Gasteiger partial charge in [0.1, 0.15) is 5.75 Å². The second-order valence-corrected chi connectivity index (χ2v) is 3.67. The number of ether oxygens (including phenoxy) is 1. The first-order chi connectivity index (χ1) is 7.47. The van der Waals surface area contributed by atoms with Gasteiger partial charge in [0.05, 0.1) is 10.6 Å². The van der Waals surface area contributed by atoms with Crippen molar-refractivity contribution >= 4 is 33.5 Å². The Morgan fingerprint density at radius 1 is 1.56 bits per heavy atom. The second-order valence-electron chi connectivity index (χ2n) is 2.73. The largest absolute Gasteiger partial charge is 0.478 e. The van der Waals surface area contributed by atoms with Crippen LogP contribution >= 0.6 is 27.5 Å². The average Bonchev–Trinajstić information content (AvgIpc) is 2.19. The summed E-state index contributed by atoms with van der Waals surface area (Å²) in [7, 11) is 0. The molecule has 88 valence electrons. The topological polar surface area (TPSA) is 46.5 Å². The van der Waals surface area contributed by atoms with Crippen LogP contribution in [0.2, 0.25) is 5.02 Å². The summed E-state index contributed by atoms with van der Waals surface area (Å²) in [6.07, 6.45) is 0. The van der Waals surface area contributed by atoms with Gasteiger partial charge in [-0.1, -0.05) is 33.6 Å². The Labute approximate surface area is 103 Å². The van der Waals surface area contributed by atoms with Crippen LogP contribution in [0.4, 0.5) is 8.78 Å². The highest BCUT2D eigenvalue weighted by Crippen LogP contribution is 2.32. The van der Waals surface area contributed by atoms with Gasteiger partial charge in [-0.3, -0.25) is 0 Å². The lowest BCUT2D eigenvalue weighted by atomic mass is 10.1. The highest BCUT2D eigenvalue weighted by Gasteiger charge is 2.19. The SMILES string of the molecule is O=C(O)c1c(CBr)ccc(OC(F)F)c1Cl. The van der Waals surface area contributed by atoms with E-state index in [2.05, 4.69) is 20.7 Å². The Morgan fingerprint density at radius 3 is 2.62 bits per heavy atom. The fourth-order valence-electron chi connectivity index (χ4n) is 1.13. The lowest BCUT2D eigenvalue weighted by Crippen LogP contribution is -2.07. The molecule has 1 aromatic rings. The predicted octanol–water partition coefficient (Wildman–Crippen LogP) is 3.53. The summed E-state index contributed by atoms with van der Waals surface area (Å²) in [4.78, 5) is 10.9. The van der Waals surface area contributed by atoms with Crippen molar-refractivity contribution in [3.05, 3.63) is 28.3 Å². The number of halogens is 4. The molecule has 7 heteroatoms. The van der Waals surface area contributed by atoms with Gasteiger partial charge >= 0.3 is 12.6 Å². The third-order valence-electron chi connectivity index (χ3n) is 1.77. The van der Waals surface area contributed by atoms with E-state index < -0.39 is 12.6 Å². The summed E-state index contributed by atoms with van der Waals surface area (Å²) >= 11 is 8.75. The lowest BCUT2D eigenvalue weighted by Gasteiger charge is -2.11. The molecule has 0 aromatic heterocycles. The Balaban J connectivity index is 3.26. The van der Waals surface area contributed by atoms with Gasteiger partial charge in [0.2, 0.25) is 0 Å². The Hall–Kier alpha value is -0.880. The summed E-state index contributed by atoms with van der Waals surface area (Å²) in [6.45, 7) is -3.05. The van der Waals surface area contributed by atoms with Crippen LogP contribution in [0, 0.1) is 0 Å². The zero-order valence-electron chi connectivity index (χ0n) is 7.71. The van der Waals surface area contributed by atoms with Gasteiger partial charge in [-0.15, -0.1) is 0 Å². The van der Waals surface area contributed by atoms with E-state index in [1.165, 1.54) is 12.1 Å². The monoisotopic (exact) mass is 314 g/mol. The zero-order valence-corrected chi connectivity index (χ0v) is 10.1. The Kier molecular flexibility index (Phi) is 4.49. The molecular weight excluding hydrogens is 309 g/mol. The van der Waals surface area contributed by atoms with E-state index in [1.54, 1.807) is 0 Å². The third kappa shape index (κ3) is 2.82. The van der Waals surface area contributed by atoms with Crippen molar-refractivity contribution in [1.82, 2.24) is 0 Å². The van der Waals surface area contributed by atoms with Crippen LogP contribution in [-0.2, 0) is 5.33 Å². The summed E-state index contributed by atoms with van der Waals surface area (Å²) in [5, 5.41) is 8.81. The molecule has 1 N–H and O–H groups in total. The molecule has 0 fully saturated rings. The molecule has 0 atom stereocenters. The highest BCUT2D eigenvalue weighted by atomic mass is 79.9. The Bertz CT molecular complexity index is 412. The van der Waals surface area contributed by atoms with E-state index in [-0.39, 0.29) is 21.7 Å². The molecule has 0 aliphatic rings. The van der Waals surface area contributed by atoms with E-state index in [0.29, 0.717) is 5.56 Å². The van der Waals surface area contributed by atoms with Gasteiger partial charge in [0.15, 0.2) is 0 Å². The number of alkyl halides is 3. The van der Waals surface area contributed by atoms with Gasteiger partial charge in [-0.05, 0) is 11.6 Å². The van der Waals surface area contributed by atoms with Gasteiger partial charge in [0, 0.05) is 5.33 Å². The first kappa shape index (κ1) is 13.2. The number of hydrogen-bond donors (Lipinski definition) is 1. The molecule has 0 radical (unpaired) electrons. The minimum Gasteiger partial charge on any atom is -0.478 e. The standard InChI is InChI=1S/C9H6BrClF2O3/c10-3-4-1-2-5(16-9(12)13)7(11)6(4)8(14)15/h1-2,9H,3H2,(H,14,15). The maximum Gasteiger partial charge on any atom is 0.387 e. The van der Waals surface area contributed by atoms with E-state index in [4.69, 9.17) is 16.7 Å². The number of rotatable bonds is 4. The van der Waals surface area contributed by atoms with Crippen molar-refractivity contribution in [2.45, 2.75) is 11.9 Å². The molecule has 0 unspecified atom stereocenters. The fraction of sp³-hybridized carbons (Fsp3) is 0.222. The molecule has 0 aliphatic heterocycles. The van der Waals surface area contributed by atoms with E-state index in [1.807, 2.05) is 0 Å². The summed E-state index contributed by atoms with van der Waals surface area (Å²) in [5.74, 6) is -1.64. The van der Waals surface area contributed by atoms with E-state index in [9.17, 15) is 13.6 Å². The molecule has 0 saturated carbocycles. The predicted molar refractivity (Wildman–Crippen MR) is 57.7 cm³/mol. The second kappa shape index (κ2) is 5.45. The van der Waals surface area contributed by atoms with Crippen LogP contribution in [0.1, 0.15) is 15.9 Å². The fourth-order valence-corrected chi connectivity index (χ4v) is 1.90. The molecule has 0 saturated heterocycles. The first-order valence-electron chi connectivity index (χ1n) is 4.02. The average molecular weight is 315 g/mol. The van der Waals surface area contributed by atoms with Crippen LogP contribution in [0.5, 0.6) is 5.75 Å².